The fraction of sp³-hybridized carbons (Fsp3) is 0.955. The van der Waals surface area contributed by atoms with Crippen LogP contribution in [0.2, 0.25) is 0 Å². The Labute approximate surface area is 174 Å². The van der Waals surface area contributed by atoms with Crippen LogP contribution in [0.3, 0.4) is 0 Å². The third-order valence-electron chi connectivity index (χ3n) is 5.04. The van der Waals surface area contributed by atoms with E-state index in [2.05, 4.69) is 0 Å². The molecule has 0 aromatic heterocycles. The molecule has 26 heavy (non-hydrogen) atoms. The van der Waals surface area contributed by atoms with E-state index in [4.69, 9.17) is 5.11 Å². The molecular weight excluding hydrogens is 319 g/mol. The average Bonchev–Trinajstić information content (AvgIpc) is 2.60. The number of aliphatic hydroxyl groups is 1. The molecule has 1 N–H and O–H groups in total. The Morgan fingerprint density at radius 2 is 0.731 bits per heavy atom. The number of carbonyl (C=O) groups excluding carboxylic acids is 1. The van der Waals surface area contributed by atoms with E-state index >= 15 is 0 Å². The van der Waals surface area contributed by atoms with Gasteiger partial charge in [0.2, 0.25) is 0 Å². The molecule has 0 aliphatic carbocycles. The van der Waals surface area contributed by atoms with Crippen molar-refractivity contribution in [3.05, 3.63) is 0 Å². The minimum atomic E-state index is -0.908. The standard InChI is InChI=1S/C22H44O3.Li/c23-21-19-17-15-13-11-9-7-5-3-1-2-4-6-8-10-12-14-16-18-20-22(24)25;/h23H,1-21H2,(H,24,25);/q;+1/p-1. The summed E-state index contributed by atoms with van der Waals surface area (Å²) in [4.78, 5) is 10.3. The summed E-state index contributed by atoms with van der Waals surface area (Å²) >= 11 is 0. The second-order valence-corrected chi connectivity index (χ2v) is 7.56. The first kappa shape index (κ1) is 28.2. The number of rotatable bonds is 21. The van der Waals surface area contributed by atoms with Crippen LogP contribution in [0.25, 0.3) is 0 Å². The number of aliphatic hydroxyl groups excluding tert-OH is 1. The first-order valence-electron chi connectivity index (χ1n) is 11.1. The molecule has 0 spiro atoms. The number of carboxylic acid groups (broad SMARTS) is 1. The molecule has 0 amide bonds. The van der Waals surface area contributed by atoms with Gasteiger partial charge in [-0.2, -0.15) is 0 Å². The van der Waals surface area contributed by atoms with Crippen molar-refractivity contribution in [2.24, 2.45) is 0 Å². The molecule has 0 aliphatic rings. The van der Waals surface area contributed by atoms with Crippen molar-refractivity contribution in [1.29, 1.82) is 0 Å². The van der Waals surface area contributed by atoms with Crippen LogP contribution in [0.4, 0.5) is 0 Å². The molecule has 3 nitrogen and oxygen atoms in total. The molecule has 0 aliphatic heterocycles. The number of hydrogen-bond acceptors (Lipinski definition) is 3. The summed E-state index contributed by atoms with van der Waals surface area (Å²) in [6.45, 7) is 0.354. The number of unbranched alkanes of at least 4 members (excludes halogenated alkanes) is 18. The van der Waals surface area contributed by atoms with E-state index < -0.39 is 5.97 Å². The Morgan fingerprint density at radius 3 is 0.962 bits per heavy atom. The van der Waals surface area contributed by atoms with Crippen molar-refractivity contribution >= 4 is 5.97 Å². The summed E-state index contributed by atoms with van der Waals surface area (Å²) in [7, 11) is 0. The van der Waals surface area contributed by atoms with Gasteiger partial charge in [0.1, 0.15) is 0 Å². The molecule has 4 heteroatoms. The summed E-state index contributed by atoms with van der Waals surface area (Å²) < 4.78 is 0. The van der Waals surface area contributed by atoms with Crippen molar-refractivity contribution in [1.82, 2.24) is 0 Å². The van der Waals surface area contributed by atoms with Crippen LogP contribution >= 0.6 is 0 Å². The van der Waals surface area contributed by atoms with Gasteiger partial charge in [0.25, 0.3) is 0 Å². The van der Waals surface area contributed by atoms with E-state index in [1.54, 1.807) is 0 Å². The minimum Gasteiger partial charge on any atom is -0.550 e. The fourth-order valence-corrected chi connectivity index (χ4v) is 3.39. The van der Waals surface area contributed by atoms with Crippen molar-refractivity contribution in [2.45, 2.75) is 128 Å². The van der Waals surface area contributed by atoms with E-state index in [0.717, 1.165) is 19.3 Å². The molecule has 0 saturated heterocycles. The largest absolute Gasteiger partial charge is 1.00 e. The molecule has 0 atom stereocenters. The summed E-state index contributed by atoms with van der Waals surface area (Å²) in [6.07, 6.45) is 24.5. The van der Waals surface area contributed by atoms with Crippen molar-refractivity contribution in [2.75, 3.05) is 6.61 Å². The van der Waals surface area contributed by atoms with E-state index in [0.29, 0.717) is 6.61 Å². The molecule has 0 aromatic carbocycles. The van der Waals surface area contributed by atoms with Crippen molar-refractivity contribution < 1.29 is 33.9 Å². The first-order valence-corrected chi connectivity index (χ1v) is 11.1. The van der Waals surface area contributed by atoms with Gasteiger partial charge in [0, 0.05) is 12.6 Å². The van der Waals surface area contributed by atoms with E-state index in [1.165, 1.54) is 103 Å². The molecule has 0 heterocycles. The van der Waals surface area contributed by atoms with Gasteiger partial charge in [-0.25, -0.2) is 0 Å². The molecule has 150 valence electrons. The van der Waals surface area contributed by atoms with Crippen molar-refractivity contribution in [3.63, 3.8) is 0 Å². The zero-order valence-electron chi connectivity index (χ0n) is 17.6. The quantitative estimate of drug-likeness (QED) is 0.252. The predicted octanol–water partition coefficient (Wildman–Crippen LogP) is 2.53. The van der Waals surface area contributed by atoms with Crippen LogP contribution in [0, 0.1) is 0 Å². The smallest absolute Gasteiger partial charge is 0.550 e. The van der Waals surface area contributed by atoms with Crippen LogP contribution in [0.5, 0.6) is 0 Å². The van der Waals surface area contributed by atoms with E-state index in [1.807, 2.05) is 0 Å². The number of hydrogen-bond donors (Lipinski definition) is 1. The number of aliphatic carboxylic acids is 1. The Kier molecular flexibility index (Phi) is 27.2. The van der Waals surface area contributed by atoms with E-state index in [9.17, 15) is 9.90 Å². The maximum absolute atomic E-state index is 10.3. The van der Waals surface area contributed by atoms with Crippen LogP contribution in [0.1, 0.15) is 128 Å². The van der Waals surface area contributed by atoms with Crippen molar-refractivity contribution in [3.8, 4) is 0 Å². The Bertz CT molecular complexity index is 272. The Hall–Kier alpha value is 0.0274. The van der Waals surface area contributed by atoms with Gasteiger partial charge in [-0.1, -0.05) is 109 Å². The van der Waals surface area contributed by atoms with Gasteiger partial charge in [0.05, 0.1) is 0 Å². The average molecular weight is 363 g/mol. The maximum Gasteiger partial charge on any atom is 1.00 e. The third kappa shape index (κ3) is 26.3. The van der Waals surface area contributed by atoms with E-state index in [-0.39, 0.29) is 25.3 Å². The van der Waals surface area contributed by atoms with Crippen LogP contribution < -0.4 is 24.0 Å². The van der Waals surface area contributed by atoms with Gasteiger partial charge in [0.15, 0.2) is 0 Å². The summed E-state index contributed by atoms with van der Waals surface area (Å²) in [5.74, 6) is -0.908. The number of carboxylic acids is 1. The second-order valence-electron chi connectivity index (χ2n) is 7.56. The third-order valence-corrected chi connectivity index (χ3v) is 5.04. The summed E-state index contributed by atoms with van der Waals surface area (Å²) in [5.41, 5.74) is 0. The Balaban J connectivity index is 0. The van der Waals surface area contributed by atoms with Crippen LogP contribution in [0.15, 0.2) is 0 Å². The molecule has 0 fully saturated rings. The Morgan fingerprint density at radius 1 is 0.500 bits per heavy atom. The van der Waals surface area contributed by atoms with Crippen LogP contribution in [-0.4, -0.2) is 17.7 Å². The van der Waals surface area contributed by atoms with Gasteiger partial charge < -0.3 is 15.0 Å². The second kappa shape index (κ2) is 25.0. The summed E-state index contributed by atoms with van der Waals surface area (Å²) in [6, 6.07) is 0. The predicted molar refractivity (Wildman–Crippen MR) is 104 cm³/mol. The molecule has 0 aromatic rings. The van der Waals surface area contributed by atoms with Gasteiger partial charge in [-0.05, 0) is 19.3 Å². The molecule has 0 bridgehead atoms. The molecular formula is C22H43LiO3. The monoisotopic (exact) mass is 362 g/mol. The van der Waals surface area contributed by atoms with Gasteiger partial charge >= 0.3 is 18.9 Å². The molecule has 0 saturated carbocycles. The molecule has 0 radical (unpaired) electrons. The first-order chi connectivity index (χ1) is 12.3. The normalized spacial score (nSPS) is 10.7. The molecule has 0 rings (SSSR count). The zero-order chi connectivity index (χ0) is 18.4. The molecule has 0 unspecified atom stereocenters. The van der Waals surface area contributed by atoms with Gasteiger partial charge in [-0.15, -0.1) is 0 Å². The van der Waals surface area contributed by atoms with Gasteiger partial charge in [-0.3, -0.25) is 0 Å². The fourth-order valence-electron chi connectivity index (χ4n) is 3.39. The van der Waals surface area contributed by atoms with Crippen LogP contribution in [-0.2, 0) is 4.79 Å². The SMILES string of the molecule is O=C([O-])CCCCCCCCCCCCCCCCCCCCCO.[Li+]. The number of carbonyl (C=O) groups is 1. The topological polar surface area (TPSA) is 60.4 Å². The summed E-state index contributed by atoms with van der Waals surface area (Å²) in [5, 5.41) is 19.0. The minimum absolute atomic E-state index is 0. The zero-order valence-corrected chi connectivity index (χ0v) is 17.6. The maximum atomic E-state index is 10.3.